The Morgan fingerprint density at radius 2 is 1.03 bits per heavy atom. The maximum atomic E-state index is 13.1. The number of carbonyl (C=O) groups is 6. The lowest BCUT2D eigenvalue weighted by Crippen LogP contribution is -2.57. The van der Waals surface area contributed by atoms with Gasteiger partial charge in [0.25, 0.3) is 5.91 Å². The minimum atomic E-state index is -1.85. The van der Waals surface area contributed by atoms with E-state index in [0.29, 0.717) is 12.1 Å². The fourth-order valence-electron chi connectivity index (χ4n) is 3.26. The number of esters is 4. The van der Waals surface area contributed by atoms with Crippen molar-refractivity contribution in [3.05, 3.63) is 35.4 Å². The van der Waals surface area contributed by atoms with Crippen LogP contribution in [0.3, 0.4) is 0 Å². The summed E-state index contributed by atoms with van der Waals surface area (Å²) in [6.07, 6.45) is -7.21. The molecule has 0 bridgehead atoms. The van der Waals surface area contributed by atoms with Gasteiger partial charge in [-0.1, -0.05) is 24.3 Å². The Balaban J connectivity index is 3.35. The van der Waals surface area contributed by atoms with Gasteiger partial charge in [0.15, 0.2) is 24.1 Å². The second-order valence-corrected chi connectivity index (χ2v) is 7.88. The number of benzene rings is 1. The summed E-state index contributed by atoms with van der Waals surface area (Å²) in [5.41, 5.74) is 1.73. The molecule has 0 radical (unpaired) electrons. The van der Waals surface area contributed by atoms with Crippen LogP contribution in [0.2, 0.25) is 0 Å². The molecule has 12 heteroatoms. The molecule has 36 heavy (non-hydrogen) atoms. The Morgan fingerprint density at radius 1 is 0.639 bits per heavy atom. The quantitative estimate of drug-likeness (QED) is 0.279. The molecular formula is C24H32N2O10. The normalized spacial score (nSPS) is 13.8. The minimum absolute atomic E-state index is 0.0154. The van der Waals surface area contributed by atoms with E-state index in [2.05, 4.69) is 10.6 Å². The Hall–Kier alpha value is -3.80. The monoisotopic (exact) mass is 508 g/mol. The van der Waals surface area contributed by atoms with Crippen LogP contribution in [-0.4, -0.2) is 67.0 Å². The summed E-state index contributed by atoms with van der Waals surface area (Å²) in [5, 5.41) is 5.59. The van der Waals surface area contributed by atoms with Crippen molar-refractivity contribution in [3.63, 3.8) is 0 Å². The van der Waals surface area contributed by atoms with Crippen molar-refractivity contribution in [3.8, 4) is 0 Å². The third kappa shape index (κ3) is 10.2. The first-order chi connectivity index (χ1) is 16.8. The van der Waals surface area contributed by atoms with E-state index in [-0.39, 0.29) is 6.54 Å². The number of ketones is 1. The van der Waals surface area contributed by atoms with Gasteiger partial charge >= 0.3 is 23.9 Å². The van der Waals surface area contributed by atoms with Crippen LogP contribution in [-0.2, 0) is 60.8 Å². The molecule has 0 aliphatic heterocycles. The van der Waals surface area contributed by atoms with E-state index >= 15 is 0 Å². The molecule has 4 atom stereocenters. The smallest absolute Gasteiger partial charge is 0.303 e. The van der Waals surface area contributed by atoms with Crippen molar-refractivity contribution in [2.24, 2.45) is 0 Å². The molecule has 0 fully saturated rings. The number of rotatable bonds is 13. The maximum Gasteiger partial charge on any atom is 0.303 e. The summed E-state index contributed by atoms with van der Waals surface area (Å²) >= 11 is 0. The summed E-state index contributed by atoms with van der Waals surface area (Å²) in [7, 11) is 1.81. The van der Waals surface area contributed by atoms with Crippen molar-refractivity contribution in [1.29, 1.82) is 0 Å². The predicted octanol–water partition coefficient (Wildman–Crippen LogP) is 0.338. The van der Waals surface area contributed by atoms with Crippen LogP contribution in [0.25, 0.3) is 0 Å². The summed E-state index contributed by atoms with van der Waals surface area (Å²) < 4.78 is 20.5. The van der Waals surface area contributed by atoms with Crippen LogP contribution >= 0.6 is 0 Å². The Morgan fingerprint density at radius 3 is 1.42 bits per heavy atom. The molecule has 0 spiro atoms. The lowest BCUT2D eigenvalue weighted by Gasteiger charge is -2.34. The van der Waals surface area contributed by atoms with Gasteiger partial charge in [-0.3, -0.25) is 28.8 Å². The van der Waals surface area contributed by atoms with E-state index in [1.165, 1.54) is 0 Å². The van der Waals surface area contributed by atoms with Gasteiger partial charge in [0.05, 0.1) is 0 Å². The van der Waals surface area contributed by atoms with Crippen LogP contribution in [0, 0.1) is 0 Å². The second-order valence-electron chi connectivity index (χ2n) is 7.88. The fraction of sp³-hybridized carbons (Fsp3) is 0.500. The van der Waals surface area contributed by atoms with Crippen molar-refractivity contribution < 1.29 is 47.7 Å². The SMILES string of the molecule is CNCc1ccc(CNC(=O)[C@H](OC(C)=O)[C@@H](OC(C)=O)[C@H](OC(C)=O)[C@H](OC(C)=O)C(C)=O)cc1. The number of amides is 1. The van der Waals surface area contributed by atoms with Gasteiger partial charge < -0.3 is 29.6 Å². The van der Waals surface area contributed by atoms with Gasteiger partial charge in [-0.2, -0.15) is 0 Å². The number of nitrogens with one attached hydrogen (secondary N) is 2. The van der Waals surface area contributed by atoms with E-state index in [1.54, 1.807) is 12.1 Å². The maximum absolute atomic E-state index is 13.1. The largest absolute Gasteiger partial charge is 0.454 e. The zero-order valence-corrected chi connectivity index (χ0v) is 21.1. The van der Waals surface area contributed by atoms with Crippen molar-refractivity contribution >= 4 is 35.6 Å². The van der Waals surface area contributed by atoms with E-state index in [0.717, 1.165) is 40.2 Å². The van der Waals surface area contributed by atoms with Crippen molar-refractivity contribution in [2.45, 2.75) is 72.1 Å². The first-order valence-corrected chi connectivity index (χ1v) is 11.0. The molecule has 0 saturated carbocycles. The summed E-state index contributed by atoms with van der Waals surface area (Å²) in [4.78, 5) is 72.6. The number of hydrogen-bond donors (Lipinski definition) is 2. The highest BCUT2D eigenvalue weighted by Crippen LogP contribution is 2.21. The van der Waals surface area contributed by atoms with E-state index in [9.17, 15) is 28.8 Å². The zero-order chi connectivity index (χ0) is 27.4. The highest BCUT2D eigenvalue weighted by Gasteiger charge is 2.47. The molecule has 198 valence electrons. The molecular weight excluding hydrogens is 476 g/mol. The van der Waals surface area contributed by atoms with Crippen LogP contribution in [0.5, 0.6) is 0 Å². The molecule has 0 heterocycles. The van der Waals surface area contributed by atoms with E-state index in [4.69, 9.17) is 18.9 Å². The summed E-state index contributed by atoms with van der Waals surface area (Å²) in [6.45, 7) is 5.75. The van der Waals surface area contributed by atoms with Crippen molar-refractivity contribution in [2.75, 3.05) is 7.05 Å². The lowest BCUT2D eigenvalue weighted by atomic mass is 9.98. The van der Waals surface area contributed by atoms with Gasteiger partial charge in [-0.25, -0.2) is 0 Å². The van der Waals surface area contributed by atoms with Crippen LogP contribution in [0.4, 0.5) is 0 Å². The average Bonchev–Trinajstić information content (AvgIpc) is 2.77. The fourth-order valence-corrected chi connectivity index (χ4v) is 3.26. The molecule has 0 saturated heterocycles. The molecule has 2 N–H and O–H groups in total. The van der Waals surface area contributed by atoms with Crippen LogP contribution < -0.4 is 10.6 Å². The Labute approximate surface area is 209 Å². The molecule has 1 aromatic rings. The number of Topliss-reactive ketones (excluding diaryl/α,β-unsaturated/α-hetero) is 1. The molecule has 12 nitrogen and oxygen atoms in total. The highest BCUT2D eigenvalue weighted by atomic mass is 16.6. The van der Waals surface area contributed by atoms with Gasteiger partial charge in [0.1, 0.15) is 0 Å². The minimum Gasteiger partial charge on any atom is -0.454 e. The third-order valence-electron chi connectivity index (χ3n) is 4.64. The standard InChI is InChI=1S/C24H32N2O10/c1-13(27)20(33-14(2)28)21(34-15(3)29)22(35-16(4)30)23(36-17(5)31)24(32)26-12-19-9-7-18(8-10-19)11-25-6/h7-10,20-23,25H,11-12H2,1-6H3,(H,26,32)/t20-,21-,22+,23-/m1/s1. The van der Waals surface area contributed by atoms with Crippen molar-refractivity contribution in [1.82, 2.24) is 10.6 Å². The van der Waals surface area contributed by atoms with Gasteiger partial charge in [-0.05, 0) is 25.1 Å². The Kier molecular flexibility index (Phi) is 12.2. The Bertz CT molecular complexity index is 960. The summed E-state index contributed by atoms with van der Waals surface area (Å²) in [6, 6.07) is 7.28. The predicted molar refractivity (Wildman–Crippen MR) is 124 cm³/mol. The molecule has 1 aromatic carbocycles. The van der Waals surface area contributed by atoms with Gasteiger partial charge in [-0.15, -0.1) is 0 Å². The molecule has 0 unspecified atom stereocenters. The average molecular weight is 509 g/mol. The topological polar surface area (TPSA) is 163 Å². The van der Waals surface area contributed by atoms with Crippen LogP contribution in [0.1, 0.15) is 45.7 Å². The molecule has 0 aliphatic rings. The highest BCUT2D eigenvalue weighted by molar-refractivity contribution is 5.87. The molecule has 0 aliphatic carbocycles. The number of ether oxygens (including phenoxy) is 4. The lowest BCUT2D eigenvalue weighted by molar-refractivity contribution is -0.199. The molecule has 0 aromatic heterocycles. The molecule has 1 amide bonds. The van der Waals surface area contributed by atoms with Gasteiger partial charge in [0.2, 0.25) is 6.10 Å². The van der Waals surface area contributed by atoms with E-state index in [1.807, 2.05) is 19.2 Å². The van der Waals surface area contributed by atoms with E-state index < -0.39 is 60.0 Å². The van der Waals surface area contributed by atoms with Gasteiger partial charge in [0, 0.05) is 40.8 Å². The zero-order valence-electron chi connectivity index (χ0n) is 21.1. The first-order valence-electron chi connectivity index (χ1n) is 11.0. The molecule has 1 rings (SSSR count). The third-order valence-corrected chi connectivity index (χ3v) is 4.64. The number of hydrogen-bond acceptors (Lipinski definition) is 11. The number of carbonyl (C=O) groups excluding carboxylic acids is 6. The first kappa shape index (κ1) is 30.2. The summed E-state index contributed by atoms with van der Waals surface area (Å²) in [5.74, 6) is -5.36. The second kappa shape index (κ2) is 14.6. The van der Waals surface area contributed by atoms with Crippen LogP contribution in [0.15, 0.2) is 24.3 Å².